The number of ether oxygens (including phenoxy) is 1. The van der Waals surface area contributed by atoms with Crippen molar-refractivity contribution in [2.45, 2.75) is 6.92 Å². The number of aryl methyl sites for hydroxylation is 1. The van der Waals surface area contributed by atoms with Gasteiger partial charge >= 0.3 is 0 Å². The quantitative estimate of drug-likeness (QED) is 0.279. The maximum atomic E-state index is 13.6. The lowest BCUT2D eigenvalue weighted by Crippen LogP contribution is -2.24. The molecule has 0 radical (unpaired) electrons. The van der Waals surface area contributed by atoms with E-state index >= 15 is 0 Å². The van der Waals surface area contributed by atoms with Crippen molar-refractivity contribution in [3.8, 4) is 5.75 Å². The van der Waals surface area contributed by atoms with Gasteiger partial charge in [-0.25, -0.2) is 0 Å². The molecular weight excluding hydrogens is 464 g/mol. The minimum absolute atomic E-state index is 0.174. The highest BCUT2D eigenvalue weighted by Crippen LogP contribution is 2.37. The van der Waals surface area contributed by atoms with Gasteiger partial charge in [0.15, 0.2) is 11.6 Å². The van der Waals surface area contributed by atoms with E-state index in [0.29, 0.717) is 16.8 Å². The topological polar surface area (TPSA) is 84.5 Å². The number of carbonyl (C=O) groups excluding carboxylic acids is 3. The number of methoxy groups -OCH3 is 1. The molecule has 37 heavy (non-hydrogen) atoms. The highest BCUT2D eigenvalue weighted by molar-refractivity contribution is 6.32. The summed E-state index contributed by atoms with van der Waals surface area (Å²) in [6, 6.07) is 25.1. The SMILES string of the molecule is COc1ccc(/C=C/C(=O)Nc2ccc(Nc3cccc(C)c3)c3c2C(=O)c2ccccc2C3=O)cc1. The van der Waals surface area contributed by atoms with Crippen LogP contribution in [0.3, 0.4) is 0 Å². The molecule has 0 heterocycles. The van der Waals surface area contributed by atoms with Gasteiger partial charge in [-0.2, -0.15) is 0 Å². The number of fused-ring (bicyclic) bond motifs is 2. The van der Waals surface area contributed by atoms with Crippen LogP contribution in [0, 0.1) is 6.92 Å². The molecule has 2 N–H and O–H groups in total. The number of ketones is 2. The van der Waals surface area contributed by atoms with Gasteiger partial charge in [-0.05, 0) is 60.5 Å². The number of hydrogen-bond donors (Lipinski definition) is 2. The van der Waals surface area contributed by atoms with Crippen molar-refractivity contribution in [2.75, 3.05) is 17.7 Å². The Kier molecular flexibility index (Phi) is 6.39. The maximum Gasteiger partial charge on any atom is 0.248 e. The number of nitrogens with one attached hydrogen (secondary N) is 2. The molecule has 4 aromatic rings. The van der Waals surface area contributed by atoms with Crippen LogP contribution in [0.25, 0.3) is 6.08 Å². The third kappa shape index (κ3) is 4.77. The molecule has 6 heteroatoms. The summed E-state index contributed by atoms with van der Waals surface area (Å²) >= 11 is 0. The highest BCUT2D eigenvalue weighted by Gasteiger charge is 2.34. The number of hydrogen-bond acceptors (Lipinski definition) is 5. The van der Waals surface area contributed by atoms with Crippen LogP contribution < -0.4 is 15.4 Å². The van der Waals surface area contributed by atoms with Gasteiger partial charge in [0.25, 0.3) is 0 Å². The first kappa shape index (κ1) is 23.8. The van der Waals surface area contributed by atoms with E-state index in [1.807, 2.05) is 43.3 Å². The lowest BCUT2D eigenvalue weighted by Gasteiger charge is -2.23. The summed E-state index contributed by atoms with van der Waals surface area (Å²) in [5.74, 6) is -0.287. The largest absolute Gasteiger partial charge is 0.497 e. The molecule has 0 spiro atoms. The molecule has 0 fully saturated rings. The third-order valence-electron chi connectivity index (χ3n) is 6.17. The van der Waals surface area contributed by atoms with E-state index in [-0.39, 0.29) is 28.4 Å². The zero-order chi connectivity index (χ0) is 25.9. The lowest BCUT2D eigenvalue weighted by molar-refractivity contribution is -0.111. The van der Waals surface area contributed by atoms with Crippen molar-refractivity contribution in [3.63, 3.8) is 0 Å². The van der Waals surface area contributed by atoms with Crippen molar-refractivity contribution < 1.29 is 19.1 Å². The summed E-state index contributed by atoms with van der Waals surface area (Å²) in [6.07, 6.45) is 3.05. The van der Waals surface area contributed by atoms with Crippen LogP contribution in [-0.4, -0.2) is 24.6 Å². The fourth-order valence-corrected chi connectivity index (χ4v) is 4.37. The summed E-state index contributed by atoms with van der Waals surface area (Å²) in [6.45, 7) is 1.98. The summed E-state index contributed by atoms with van der Waals surface area (Å²) < 4.78 is 5.16. The van der Waals surface area contributed by atoms with Gasteiger partial charge in [-0.1, -0.05) is 48.5 Å². The highest BCUT2D eigenvalue weighted by atomic mass is 16.5. The second kappa shape index (κ2) is 9.95. The van der Waals surface area contributed by atoms with Crippen LogP contribution in [0.5, 0.6) is 5.75 Å². The Bertz CT molecular complexity index is 1570. The van der Waals surface area contributed by atoms with Gasteiger partial charge in [0, 0.05) is 22.9 Å². The number of benzene rings is 4. The van der Waals surface area contributed by atoms with E-state index in [0.717, 1.165) is 22.6 Å². The minimum Gasteiger partial charge on any atom is -0.497 e. The summed E-state index contributed by atoms with van der Waals surface area (Å²) in [4.78, 5) is 40.0. The first-order valence-electron chi connectivity index (χ1n) is 11.8. The molecule has 1 aliphatic rings. The Morgan fingerprint density at radius 2 is 1.43 bits per heavy atom. The van der Waals surface area contributed by atoms with Gasteiger partial charge in [0.1, 0.15) is 5.75 Å². The number of amides is 1. The monoisotopic (exact) mass is 488 g/mol. The lowest BCUT2D eigenvalue weighted by atomic mass is 9.82. The smallest absolute Gasteiger partial charge is 0.248 e. The predicted molar refractivity (Wildman–Crippen MR) is 145 cm³/mol. The van der Waals surface area contributed by atoms with E-state index in [2.05, 4.69) is 10.6 Å². The Balaban J connectivity index is 1.52. The Morgan fingerprint density at radius 3 is 2.08 bits per heavy atom. The van der Waals surface area contributed by atoms with Crippen molar-refractivity contribution >= 4 is 40.6 Å². The molecule has 1 aliphatic carbocycles. The van der Waals surface area contributed by atoms with Crippen molar-refractivity contribution in [1.82, 2.24) is 0 Å². The fourth-order valence-electron chi connectivity index (χ4n) is 4.37. The number of anilines is 3. The van der Waals surface area contributed by atoms with E-state index in [4.69, 9.17) is 4.74 Å². The molecule has 6 nitrogen and oxygen atoms in total. The van der Waals surface area contributed by atoms with E-state index in [1.54, 1.807) is 61.7 Å². The molecule has 0 saturated heterocycles. The minimum atomic E-state index is -0.420. The molecule has 0 saturated carbocycles. The summed E-state index contributed by atoms with van der Waals surface area (Å²) in [5.41, 5.74) is 4.51. The molecule has 5 rings (SSSR count). The van der Waals surface area contributed by atoms with Gasteiger partial charge < -0.3 is 15.4 Å². The second-order valence-corrected chi connectivity index (χ2v) is 8.70. The first-order chi connectivity index (χ1) is 17.9. The molecule has 0 aromatic heterocycles. The van der Waals surface area contributed by atoms with Gasteiger partial charge in [0.05, 0.1) is 29.6 Å². The Morgan fingerprint density at radius 1 is 0.784 bits per heavy atom. The number of carbonyl (C=O) groups is 3. The van der Waals surface area contributed by atoms with Crippen LogP contribution in [-0.2, 0) is 4.79 Å². The van der Waals surface area contributed by atoms with E-state index in [1.165, 1.54) is 6.08 Å². The first-order valence-corrected chi connectivity index (χ1v) is 11.8. The van der Waals surface area contributed by atoms with Crippen LogP contribution in [0.1, 0.15) is 43.0 Å². The molecule has 4 aromatic carbocycles. The average Bonchev–Trinajstić information content (AvgIpc) is 2.91. The van der Waals surface area contributed by atoms with Gasteiger partial charge in [-0.3, -0.25) is 14.4 Å². The van der Waals surface area contributed by atoms with Crippen LogP contribution >= 0.6 is 0 Å². The van der Waals surface area contributed by atoms with E-state index in [9.17, 15) is 14.4 Å². The van der Waals surface area contributed by atoms with Crippen molar-refractivity contribution in [2.24, 2.45) is 0 Å². The Labute approximate surface area is 214 Å². The van der Waals surface area contributed by atoms with E-state index < -0.39 is 5.91 Å². The predicted octanol–water partition coefficient (Wildman–Crippen LogP) is 6.17. The van der Waals surface area contributed by atoms with Gasteiger partial charge in [0.2, 0.25) is 5.91 Å². The normalized spacial score (nSPS) is 12.2. The second-order valence-electron chi connectivity index (χ2n) is 8.70. The molecular formula is C31H24N2O4. The third-order valence-corrected chi connectivity index (χ3v) is 6.17. The molecule has 0 unspecified atom stereocenters. The van der Waals surface area contributed by atoms with Crippen molar-refractivity contribution in [3.05, 3.63) is 124 Å². The summed E-state index contributed by atoms with van der Waals surface area (Å²) in [7, 11) is 1.59. The molecule has 0 atom stereocenters. The van der Waals surface area contributed by atoms with Gasteiger partial charge in [-0.15, -0.1) is 0 Å². The zero-order valence-electron chi connectivity index (χ0n) is 20.4. The Hall–Kier alpha value is -4.97. The number of rotatable bonds is 6. The van der Waals surface area contributed by atoms with Crippen LogP contribution in [0.4, 0.5) is 17.1 Å². The molecule has 1 amide bonds. The van der Waals surface area contributed by atoms with Crippen molar-refractivity contribution in [1.29, 1.82) is 0 Å². The van der Waals surface area contributed by atoms with Crippen LogP contribution in [0.15, 0.2) is 91.0 Å². The molecule has 0 aliphatic heterocycles. The van der Waals surface area contributed by atoms with Crippen LogP contribution in [0.2, 0.25) is 0 Å². The fraction of sp³-hybridized carbons (Fsp3) is 0.0645. The standard InChI is InChI=1S/C31H24N2O4/c1-19-6-5-7-21(18-19)32-25-15-16-26(33-27(34)17-12-20-10-13-22(37-2)14-11-20)29-28(25)30(35)23-8-3-4-9-24(23)31(29)36/h3-18,32H,1-2H3,(H,33,34)/b17-12+. The average molecular weight is 489 g/mol. The molecule has 182 valence electrons. The summed E-state index contributed by atoms with van der Waals surface area (Å²) in [5, 5.41) is 6.07. The maximum absolute atomic E-state index is 13.6. The molecule has 0 bridgehead atoms. The zero-order valence-corrected chi connectivity index (χ0v) is 20.4.